The molecule has 0 aromatic rings. The molecule has 0 amide bonds. The van der Waals surface area contributed by atoms with Crippen molar-refractivity contribution in [2.24, 2.45) is 0 Å². The summed E-state index contributed by atoms with van der Waals surface area (Å²) in [4.78, 5) is 0. The van der Waals surface area contributed by atoms with Crippen LogP contribution in [0.25, 0.3) is 0 Å². The van der Waals surface area contributed by atoms with Crippen LogP contribution < -0.4 is 30.6 Å². The molecule has 0 N–H and O–H groups in total. The van der Waals surface area contributed by atoms with Gasteiger partial charge in [-0.1, -0.05) is 83.1 Å². The number of hydrogen-bond donors (Lipinski definition) is 0. The van der Waals surface area contributed by atoms with Gasteiger partial charge in [-0.2, -0.15) is 0 Å². The second-order valence-electron chi connectivity index (χ2n) is 6.29. The Morgan fingerprint density at radius 3 is 0.269 bits per heavy atom. The second-order valence-corrected chi connectivity index (χ2v) is 6.29. The zero-order valence-electron chi connectivity index (χ0n) is 18.4. The molecule has 0 aromatic carbocycles. The van der Waals surface area contributed by atoms with Gasteiger partial charge in [0.05, 0.1) is 0 Å². The minimum atomic E-state index is -0.417. The van der Waals surface area contributed by atoms with Crippen LogP contribution in [0, 0.1) is 73.7 Å². The molecule has 0 saturated carbocycles. The molecule has 0 atom stereocenters. The SMILES string of the molecule is CC(C)[O-].CC(C)[O-].CC(C)[O-].CC(C)[O-].CC(C)[O-].CC(C)[O-].[Lu+3].[Lu+3]. The molecule has 0 fully saturated rings. The standard InChI is InChI=1S/6C3H7O.2Lu/c6*1-3(2)4;;/h6*3H,1-2H3;;/q6*-1;2*+3. The fraction of sp³-hybridized carbons (Fsp3) is 1.00. The summed E-state index contributed by atoms with van der Waals surface area (Å²) in [6, 6.07) is 0. The van der Waals surface area contributed by atoms with Gasteiger partial charge in [-0.3, -0.25) is 0 Å². The summed E-state index contributed by atoms with van der Waals surface area (Å²) in [7, 11) is 0. The first-order valence-corrected chi connectivity index (χ1v) is 8.34. The molecule has 8 heteroatoms. The Balaban J connectivity index is -0.0000000245. The van der Waals surface area contributed by atoms with Gasteiger partial charge < -0.3 is 30.6 Å². The molecule has 6 nitrogen and oxygen atoms in total. The summed E-state index contributed by atoms with van der Waals surface area (Å²) < 4.78 is 0. The van der Waals surface area contributed by atoms with Gasteiger partial charge in [0.1, 0.15) is 0 Å². The maximum Gasteiger partial charge on any atom is 3.00 e. The van der Waals surface area contributed by atoms with Crippen molar-refractivity contribution in [1.29, 1.82) is 0 Å². The van der Waals surface area contributed by atoms with Crippen molar-refractivity contribution < 1.29 is 104 Å². The van der Waals surface area contributed by atoms with Gasteiger partial charge in [-0.05, 0) is 0 Å². The average molecular weight is 704 g/mol. The number of rotatable bonds is 0. The smallest absolute Gasteiger partial charge is 0.852 e. The third-order valence-electron chi connectivity index (χ3n) is 0. The van der Waals surface area contributed by atoms with Crippen molar-refractivity contribution in [1.82, 2.24) is 0 Å². The van der Waals surface area contributed by atoms with E-state index in [9.17, 15) is 30.6 Å². The van der Waals surface area contributed by atoms with E-state index in [-0.39, 0.29) is 73.7 Å². The largest absolute Gasteiger partial charge is 3.00 e. The third-order valence-corrected chi connectivity index (χ3v) is 0. The van der Waals surface area contributed by atoms with Crippen LogP contribution >= 0.6 is 0 Å². The van der Waals surface area contributed by atoms with E-state index in [4.69, 9.17) is 0 Å². The van der Waals surface area contributed by atoms with Gasteiger partial charge in [-0.25, -0.2) is 0 Å². The maximum absolute atomic E-state index is 9.53. The first kappa shape index (κ1) is 51.1. The molecule has 180 valence electrons. The van der Waals surface area contributed by atoms with Gasteiger partial charge in [0.25, 0.3) is 0 Å². The summed E-state index contributed by atoms with van der Waals surface area (Å²) >= 11 is 0. The van der Waals surface area contributed by atoms with Crippen LogP contribution in [-0.4, -0.2) is 36.6 Å². The van der Waals surface area contributed by atoms with Gasteiger partial charge in [0, 0.05) is 0 Å². The molecule has 0 bridgehead atoms. The van der Waals surface area contributed by atoms with Gasteiger partial charge in [-0.15, -0.1) is 36.6 Å². The summed E-state index contributed by atoms with van der Waals surface area (Å²) in [6.07, 6.45) is -2.50. The van der Waals surface area contributed by atoms with Crippen LogP contribution in [0.15, 0.2) is 0 Å². The van der Waals surface area contributed by atoms with Crippen molar-refractivity contribution in [2.45, 2.75) is 120 Å². The summed E-state index contributed by atoms with van der Waals surface area (Å²) in [6.45, 7) is 19.3. The molecule has 0 aromatic heterocycles. The van der Waals surface area contributed by atoms with E-state index in [1.165, 1.54) is 0 Å². The predicted molar refractivity (Wildman–Crippen MR) is 90.8 cm³/mol. The van der Waals surface area contributed by atoms with Crippen molar-refractivity contribution >= 4 is 0 Å². The van der Waals surface area contributed by atoms with Gasteiger partial charge in [0.15, 0.2) is 0 Å². The molecule has 0 aliphatic carbocycles. The topological polar surface area (TPSA) is 138 Å². The normalized spacial score (nSPS) is 8.31. The molecular weight excluding hydrogens is 662 g/mol. The first-order chi connectivity index (χ1) is 10.4. The average Bonchev–Trinajstić information content (AvgIpc) is 2.08. The molecule has 26 heavy (non-hydrogen) atoms. The molecule has 0 aliphatic rings. The van der Waals surface area contributed by atoms with Crippen molar-refractivity contribution in [2.75, 3.05) is 0 Å². The Bertz CT molecular complexity index is 105. The Kier molecular flexibility index (Phi) is 90.0. The first-order valence-electron chi connectivity index (χ1n) is 8.34. The van der Waals surface area contributed by atoms with E-state index in [0.717, 1.165) is 0 Å². The summed E-state index contributed by atoms with van der Waals surface area (Å²) in [5.74, 6) is 0. The Morgan fingerprint density at radius 1 is 0.269 bits per heavy atom. The monoisotopic (exact) mass is 704 g/mol. The van der Waals surface area contributed by atoms with Gasteiger partial charge >= 0.3 is 73.7 Å². The second kappa shape index (κ2) is 45.8. The zero-order chi connectivity index (χ0) is 21.5. The fourth-order valence-electron chi connectivity index (χ4n) is 0. The van der Waals surface area contributed by atoms with E-state index in [1.54, 1.807) is 83.1 Å². The molecule has 0 radical (unpaired) electrons. The van der Waals surface area contributed by atoms with Crippen molar-refractivity contribution in [3.63, 3.8) is 0 Å². The number of hydrogen-bond acceptors (Lipinski definition) is 6. The predicted octanol–water partition coefficient (Wildman–Crippen LogP) is -1.47. The van der Waals surface area contributed by atoms with Gasteiger partial charge in [0.2, 0.25) is 0 Å². The third kappa shape index (κ3) is 3360. The Hall–Kier alpha value is 2.23. The summed E-state index contributed by atoms with van der Waals surface area (Å²) in [5, 5.41) is 57.2. The maximum atomic E-state index is 9.53. The van der Waals surface area contributed by atoms with Crippen molar-refractivity contribution in [3.8, 4) is 0 Å². The Labute approximate surface area is 221 Å². The molecule has 0 spiro atoms. The zero-order valence-corrected chi connectivity index (χ0v) is 21.7. The molecule has 0 heterocycles. The van der Waals surface area contributed by atoms with E-state index in [0.29, 0.717) is 0 Å². The molecule has 0 rings (SSSR count). The molecule has 0 saturated heterocycles. The van der Waals surface area contributed by atoms with E-state index in [2.05, 4.69) is 0 Å². The van der Waals surface area contributed by atoms with E-state index < -0.39 is 36.6 Å². The van der Waals surface area contributed by atoms with Crippen LogP contribution in [0.5, 0.6) is 0 Å². The van der Waals surface area contributed by atoms with Crippen LogP contribution in [0.2, 0.25) is 0 Å². The minimum absolute atomic E-state index is 0. The summed E-state index contributed by atoms with van der Waals surface area (Å²) in [5.41, 5.74) is 0. The molecule has 0 unspecified atom stereocenters. The van der Waals surface area contributed by atoms with E-state index >= 15 is 0 Å². The molecule has 0 aliphatic heterocycles. The quantitative estimate of drug-likeness (QED) is 0.302. The van der Waals surface area contributed by atoms with Crippen LogP contribution in [-0.2, 0) is 0 Å². The fourth-order valence-corrected chi connectivity index (χ4v) is 0. The van der Waals surface area contributed by atoms with Crippen LogP contribution in [0.1, 0.15) is 83.1 Å². The van der Waals surface area contributed by atoms with Crippen LogP contribution in [0.3, 0.4) is 0 Å². The van der Waals surface area contributed by atoms with E-state index in [1.807, 2.05) is 0 Å². The minimum Gasteiger partial charge on any atom is -0.852 e. The van der Waals surface area contributed by atoms with Crippen LogP contribution in [0.4, 0.5) is 0 Å². The Morgan fingerprint density at radius 2 is 0.269 bits per heavy atom. The molecular formula is C18H42Lu2O6. The van der Waals surface area contributed by atoms with Crippen molar-refractivity contribution in [3.05, 3.63) is 0 Å².